The molecule has 2 aromatic carbocycles. The number of benzene rings is 2. The first-order valence-electron chi connectivity index (χ1n) is 10.2. The molecule has 1 amide bonds. The molecule has 4 nitrogen and oxygen atoms in total. The van der Waals surface area contributed by atoms with Gasteiger partial charge in [-0.15, -0.1) is 0 Å². The molecule has 1 aliphatic heterocycles. The summed E-state index contributed by atoms with van der Waals surface area (Å²) in [6, 6.07) is 15.8. The van der Waals surface area contributed by atoms with Gasteiger partial charge in [-0.2, -0.15) is 11.3 Å². The van der Waals surface area contributed by atoms with Crippen molar-refractivity contribution in [2.24, 2.45) is 0 Å². The number of thiophene rings is 1. The van der Waals surface area contributed by atoms with Gasteiger partial charge in [-0.05, 0) is 70.8 Å². The van der Waals surface area contributed by atoms with Crippen molar-refractivity contribution in [3.63, 3.8) is 0 Å². The average molecular weight is 425 g/mol. The van der Waals surface area contributed by atoms with Gasteiger partial charge in [0, 0.05) is 39.1 Å². The summed E-state index contributed by atoms with van der Waals surface area (Å²) in [7, 11) is 0. The predicted molar refractivity (Wildman–Crippen MR) is 117 cm³/mol. The lowest BCUT2D eigenvalue weighted by molar-refractivity contribution is -0.133. The second-order valence-electron chi connectivity index (χ2n) is 7.49. The van der Waals surface area contributed by atoms with Gasteiger partial charge < -0.3 is 9.64 Å². The van der Waals surface area contributed by atoms with Crippen LogP contribution in [0.4, 0.5) is 4.39 Å². The Kier molecular flexibility index (Phi) is 6.77. The highest BCUT2D eigenvalue weighted by Crippen LogP contribution is 2.23. The van der Waals surface area contributed by atoms with Gasteiger partial charge >= 0.3 is 0 Å². The summed E-state index contributed by atoms with van der Waals surface area (Å²) in [6.45, 7) is 4.38. The van der Waals surface area contributed by atoms with Crippen molar-refractivity contribution in [1.82, 2.24) is 9.80 Å². The highest BCUT2D eigenvalue weighted by Gasteiger charge is 2.21. The van der Waals surface area contributed by atoms with Gasteiger partial charge in [0.05, 0.1) is 0 Å². The van der Waals surface area contributed by atoms with E-state index in [1.807, 2.05) is 29.2 Å². The number of hydrogen-bond acceptors (Lipinski definition) is 4. The Morgan fingerprint density at radius 1 is 0.967 bits per heavy atom. The number of amides is 1. The van der Waals surface area contributed by atoms with Crippen LogP contribution in [0, 0.1) is 5.82 Å². The van der Waals surface area contributed by atoms with E-state index in [0.29, 0.717) is 24.3 Å². The first kappa shape index (κ1) is 20.6. The normalized spacial score (nSPS) is 14.6. The highest BCUT2D eigenvalue weighted by atomic mass is 32.1. The van der Waals surface area contributed by atoms with Crippen molar-refractivity contribution in [2.75, 3.05) is 26.2 Å². The fourth-order valence-corrected chi connectivity index (χ4v) is 4.27. The molecule has 1 saturated heterocycles. The molecule has 1 fully saturated rings. The third-order valence-electron chi connectivity index (χ3n) is 5.29. The van der Waals surface area contributed by atoms with E-state index in [-0.39, 0.29) is 11.7 Å². The highest BCUT2D eigenvalue weighted by molar-refractivity contribution is 7.07. The molecular weight excluding hydrogens is 399 g/mol. The lowest BCUT2D eigenvalue weighted by Gasteiger charge is -2.34. The molecule has 0 aliphatic carbocycles. The fraction of sp³-hybridized carbons (Fsp3) is 0.292. The summed E-state index contributed by atoms with van der Waals surface area (Å²) in [5, 5.41) is 4.29. The lowest BCUT2D eigenvalue weighted by Crippen LogP contribution is -2.48. The van der Waals surface area contributed by atoms with Crippen LogP contribution in [0.15, 0.2) is 65.4 Å². The van der Waals surface area contributed by atoms with E-state index in [1.165, 1.54) is 17.7 Å². The van der Waals surface area contributed by atoms with Crippen molar-refractivity contribution in [1.29, 1.82) is 0 Å². The van der Waals surface area contributed by atoms with Crippen LogP contribution < -0.4 is 4.74 Å². The molecule has 0 bridgehead atoms. The Bertz CT molecular complexity index is 952. The number of hydrogen-bond donors (Lipinski definition) is 0. The van der Waals surface area contributed by atoms with Crippen LogP contribution in [0.3, 0.4) is 0 Å². The first-order chi connectivity index (χ1) is 14.7. The molecule has 1 aromatic heterocycles. The van der Waals surface area contributed by atoms with Crippen molar-refractivity contribution in [3.8, 4) is 11.5 Å². The van der Waals surface area contributed by atoms with E-state index in [2.05, 4.69) is 21.7 Å². The Morgan fingerprint density at radius 3 is 2.50 bits per heavy atom. The minimum Gasteiger partial charge on any atom is -0.457 e. The van der Waals surface area contributed by atoms with E-state index in [4.69, 9.17) is 4.74 Å². The van der Waals surface area contributed by atoms with E-state index >= 15 is 0 Å². The molecule has 1 aliphatic rings. The van der Waals surface area contributed by atoms with E-state index in [0.717, 1.165) is 38.3 Å². The fourth-order valence-electron chi connectivity index (χ4n) is 3.61. The largest absolute Gasteiger partial charge is 0.457 e. The van der Waals surface area contributed by atoms with Crippen LogP contribution in [-0.4, -0.2) is 41.9 Å². The maximum absolute atomic E-state index is 13.0. The third-order valence-corrected chi connectivity index (χ3v) is 6.02. The lowest BCUT2D eigenvalue weighted by atomic mass is 10.1. The van der Waals surface area contributed by atoms with E-state index < -0.39 is 0 Å². The second-order valence-corrected chi connectivity index (χ2v) is 8.27. The molecule has 0 unspecified atom stereocenters. The summed E-state index contributed by atoms with van der Waals surface area (Å²) < 4.78 is 18.8. The molecule has 0 saturated carbocycles. The Labute approximate surface area is 180 Å². The van der Waals surface area contributed by atoms with Crippen LogP contribution in [0.25, 0.3) is 0 Å². The van der Waals surface area contributed by atoms with Crippen molar-refractivity contribution < 1.29 is 13.9 Å². The molecule has 30 heavy (non-hydrogen) atoms. The molecule has 3 aromatic rings. The Balaban J connectivity index is 1.24. The van der Waals surface area contributed by atoms with Crippen LogP contribution in [0.1, 0.15) is 17.5 Å². The molecule has 6 heteroatoms. The molecular formula is C24H25FN2O2S. The molecule has 2 heterocycles. The van der Waals surface area contributed by atoms with Crippen LogP contribution in [0.5, 0.6) is 11.5 Å². The standard InChI is InChI=1S/C24H25FN2O2S/c25-21-5-7-22(8-6-21)29-23-3-1-2-19(16-23)4-9-24(28)27-13-11-26(12-14-27)17-20-10-15-30-18-20/h1-3,5-8,10,15-16,18H,4,9,11-14,17H2. The number of nitrogens with zero attached hydrogens (tertiary/aromatic N) is 2. The average Bonchev–Trinajstić information content (AvgIpc) is 3.28. The summed E-state index contributed by atoms with van der Waals surface area (Å²) in [5.74, 6) is 1.19. The van der Waals surface area contributed by atoms with Gasteiger partial charge in [0.15, 0.2) is 0 Å². The van der Waals surface area contributed by atoms with Crippen molar-refractivity contribution >= 4 is 17.2 Å². The minimum absolute atomic E-state index is 0.204. The predicted octanol–water partition coefficient (Wildman–Crippen LogP) is 4.96. The molecule has 0 radical (unpaired) electrons. The smallest absolute Gasteiger partial charge is 0.222 e. The summed E-state index contributed by atoms with van der Waals surface area (Å²) in [4.78, 5) is 17.0. The molecule has 0 spiro atoms. The van der Waals surface area contributed by atoms with Crippen molar-refractivity contribution in [2.45, 2.75) is 19.4 Å². The van der Waals surface area contributed by atoms with Gasteiger partial charge in [0.2, 0.25) is 5.91 Å². The molecule has 4 rings (SSSR count). The van der Waals surface area contributed by atoms with Gasteiger partial charge in [0.25, 0.3) is 0 Å². The third kappa shape index (κ3) is 5.68. The maximum Gasteiger partial charge on any atom is 0.222 e. The zero-order valence-electron chi connectivity index (χ0n) is 16.8. The van der Waals surface area contributed by atoms with E-state index in [1.54, 1.807) is 23.5 Å². The van der Waals surface area contributed by atoms with Gasteiger partial charge in [-0.1, -0.05) is 12.1 Å². The van der Waals surface area contributed by atoms with Crippen molar-refractivity contribution in [3.05, 3.63) is 82.3 Å². The SMILES string of the molecule is O=C(CCc1cccc(Oc2ccc(F)cc2)c1)N1CCN(Cc2ccsc2)CC1. The van der Waals surface area contributed by atoms with Gasteiger partial charge in [-0.25, -0.2) is 4.39 Å². The van der Waals surface area contributed by atoms with Gasteiger partial charge in [0.1, 0.15) is 17.3 Å². The Hall–Kier alpha value is -2.70. The minimum atomic E-state index is -0.290. The van der Waals surface area contributed by atoms with Gasteiger partial charge in [-0.3, -0.25) is 9.69 Å². The second kappa shape index (κ2) is 9.87. The summed E-state index contributed by atoms with van der Waals surface area (Å²) in [6.07, 6.45) is 1.17. The summed E-state index contributed by atoms with van der Waals surface area (Å²) >= 11 is 1.72. The number of piperazine rings is 1. The number of carbonyl (C=O) groups excluding carboxylic acids is 1. The molecule has 156 valence electrons. The van der Waals surface area contributed by atoms with Crippen LogP contribution >= 0.6 is 11.3 Å². The van der Waals surface area contributed by atoms with E-state index in [9.17, 15) is 9.18 Å². The number of carbonyl (C=O) groups is 1. The van der Waals surface area contributed by atoms with Crippen LogP contribution in [-0.2, 0) is 17.8 Å². The topological polar surface area (TPSA) is 32.8 Å². The summed E-state index contributed by atoms with van der Waals surface area (Å²) in [5.41, 5.74) is 2.40. The quantitative estimate of drug-likeness (QED) is 0.538. The van der Waals surface area contributed by atoms with Crippen LogP contribution in [0.2, 0.25) is 0 Å². The number of halogens is 1. The number of aryl methyl sites for hydroxylation is 1. The monoisotopic (exact) mass is 424 g/mol. The number of ether oxygens (including phenoxy) is 1. The first-order valence-corrected chi connectivity index (χ1v) is 11.1. The molecule has 0 atom stereocenters. The zero-order chi connectivity index (χ0) is 20.8. The zero-order valence-corrected chi connectivity index (χ0v) is 17.6. The Morgan fingerprint density at radius 2 is 1.77 bits per heavy atom. The molecule has 0 N–H and O–H groups in total. The number of rotatable bonds is 7. The maximum atomic E-state index is 13.0.